The molecule has 1 aliphatic heterocycles. The van der Waals surface area contributed by atoms with Crippen LogP contribution in [0.4, 0.5) is 0 Å². The molecule has 104 valence electrons. The average Bonchev–Trinajstić information content (AvgIpc) is 2.41. The molecule has 2 rings (SSSR count). The van der Waals surface area contributed by atoms with Crippen LogP contribution in [0.1, 0.15) is 31.7 Å². The van der Waals surface area contributed by atoms with E-state index >= 15 is 0 Å². The first-order chi connectivity index (χ1) is 9.05. The van der Waals surface area contributed by atoms with Gasteiger partial charge in [-0.15, -0.1) is 0 Å². The highest BCUT2D eigenvalue weighted by Gasteiger charge is 2.40. The first-order valence-corrected chi connectivity index (χ1v) is 7.84. The van der Waals surface area contributed by atoms with E-state index in [-0.39, 0.29) is 0 Å². The predicted octanol–water partition coefficient (Wildman–Crippen LogP) is 3.37. The van der Waals surface area contributed by atoms with Crippen LogP contribution in [0, 0.1) is 8.99 Å². The van der Waals surface area contributed by atoms with Gasteiger partial charge < -0.3 is 5.11 Å². The summed E-state index contributed by atoms with van der Waals surface area (Å²) < 4.78 is 1.23. The van der Waals surface area contributed by atoms with Crippen molar-refractivity contribution in [1.82, 2.24) is 4.90 Å². The Morgan fingerprint density at radius 1 is 1.42 bits per heavy atom. The van der Waals surface area contributed by atoms with Gasteiger partial charge in [-0.2, -0.15) is 0 Å². The monoisotopic (exact) mass is 373 g/mol. The molecule has 1 heterocycles. The molecule has 1 atom stereocenters. The summed E-state index contributed by atoms with van der Waals surface area (Å²) in [6, 6.07) is 8.46. The fourth-order valence-corrected chi connectivity index (χ4v) is 3.18. The fourth-order valence-electron chi connectivity index (χ4n) is 2.82. The van der Waals surface area contributed by atoms with E-state index in [1.54, 1.807) is 0 Å². The second kappa shape index (κ2) is 6.22. The molecular formula is C15H20INO2. The third-order valence-corrected chi connectivity index (χ3v) is 4.83. The van der Waals surface area contributed by atoms with Gasteiger partial charge >= 0.3 is 5.97 Å². The van der Waals surface area contributed by atoms with E-state index in [0.717, 1.165) is 25.9 Å². The van der Waals surface area contributed by atoms with Crippen LogP contribution in [0.5, 0.6) is 0 Å². The minimum Gasteiger partial charge on any atom is -0.481 e. The molecule has 4 heteroatoms. The van der Waals surface area contributed by atoms with Gasteiger partial charge in [0.1, 0.15) is 0 Å². The van der Waals surface area contributed by atoms with Crippen LogP contribution in [-0.2, 0) is 11.3 Å². The predicted molar refractivity (Wildman–Crippen MR) is 84.0 cm³/mol. The molecule has 0 amide bonds. The third-order valence-electron chi connectivity index (χ3n) is 4.11. The Morgan fingerprint density at radius 2 is 2.11 bits per heavy atom. The van der Waals surface area contributed by atoms with E-state index in [4.69, 9.17) is 0 Å². The second-order valence-electron chi connectivity index (χ2n) is 5.38. The Labute approximate surface area is 128 Å². The largest absolute Gasteiger partial charge is 0.481 e. The Kier molecular flexibility index (Phi) is 4.84. The molecule has 1 aromatic rings. The standard InChI is InChI=1S/C15H20INO2/c1-2-15(14(18)19)8-3-9-17(11-15)10-12-4-6-13(16)7-5-12/h4-7H,2-3,8-11H2,1H3,(H,18,19). The highest BCUT2D eigenvalue weighted by atomic mass is 127. The Morgan fingerprint density at radius 3 is 2.68 bits per heavy atom. The van der Waals surface area contributed by atoms with Gasteiger partial charge in [-0.05, 0) is 66.1 Å². The molecule has 1 unspecified atom stereocenters. The lowest BCUT2D eigenvalue weighted by molar-refractivity contribution is -0.153. The molecule has 1 aliphatic rings. The van der Waals surface area contributed by atoms with Gasteiger partial charge in [0, 0.05) is 16.7 Å². The molecule has 3 nitrogen and oxygen atoms in total. The number of halogens is 1. The van der Waals surface area contributed by atoms with Crippen LogP contribution in [0.15, 0.2) is 24.3 Å². The lowest BCUT2D eigenvalue weighted by Gasteiger charge is -2.39. The SMILES string of the molecule is CCC1(C(=O)O)CCCN(Cc2ccc(I)cc2)C1. The normalized spacial score (nSPS) is 24.3. The van der Waals surface area contributed by atoms with E-state index in [9.17, 15) is 9.90 Å². The first kappa shape index (κ1) is 14.8. The zero-order valence-electron chi connectivity index (χ0n) is 11.2. The molecule has 1 fully saturated rings. The summed E-state index contributed by atoms with van der Waals surface area (Å²) in [5.41, 5.74) is 0.722. The van der Waals surface area contributed by atoms with E-state index in [0.29, 0.717) is 13.0 Å². The van der Waals surface area contributed by atoms with Crippen molar-refractivity contribution in [2.45, 2.75) is 32.7 Å². The van der Waals surface area contributed by atoms with Gasteiger partial charge in [0.15, 0.2) is 0 Å². The zero-order valence-corrected chi connectivity index (χ0v) is 13.4. The second-order valence-corrected chi connectivity index (χ2v) is 6.63. The number of hydrogen-bond donors (Lipinski definition) is 1. The highest BCUT2D eigenvalue weighted by molar-refractivity contribution is 14.1. The van der Waals surface area contributed by atoms with Gasteiger partial charge in [0.25, 0.3) is 0 Å². The number of hydrogen-bond acceptors (Lipinski definition) is 2. The van der Waals surface area contributed by atoms with Gasteiger partial charge in [-0.1, -0.05) is 19.1 Å². The number of likely N-dealkylation sites (tertiary alicyclic amines) is 1. The molecular weight excluding hydrogens is 353 g/mol. The van der Waals surface area contributed by atoms with Crippen molar-refractivity contribution >= 4 is 28.6 Å². The molecule has 0 spiro atoms. The molecule has 0 bridgehead atoms. The number of carboxylic acids is 1. The van der Waals surface area contributed by atoms with E-state index in [1.807, 2.05) is 6.92 Å². The number of piperidine rings is 1. The summed E-state index contributed by atoms with van der Waals surface area (Å²) in [7, 11) is 0. The van der Waals surface area contributed by atoms with Crippen LogP contribution in [-0.4, -0.2) is 29.1 Å². The summed E-state index contributed by atoms with van der Waals surface area (Å²) in [5.74, 6) is -0.637. The molecule has 0 radical (unpaired) electrons. The number of aliphatic carboxylic acids is 1. The van der Waals surface area contributed by atoms with Crippen LogP contribution < -0.4 is 0 Å². The number of benzene rings is 1. The van der Waals surface area contributed by atoms with Crippen molar-refractivity contribution in [2.24, 2.45) is 5.41 Å². The molecule has 0 aromatic heterocycles. The van der Waals surface area contributed by atoms with E-state index in [2.05, 4.69) is 51.8 Å². The van der Waals surface area contributed by atoms with E-state index < -0.39 is 11.4 Å². The number of carboxylic acid groups (broad SMARTS) is 1. The van der Waals surface area contributed by atoms with Crippen molar-refractivity contribution < 1.29 is 9.90 Å². The topological polar surface area (TPSA) is 40.5 Å². The Hall–Kier alpha value is -0.620. The van der Waals surface area contributed by atoms with Crippen LogP contribution >= 0.6 is 22.6 Å². The quantitative estimate of drug-likeness (QED) is 0.823. The number of rotatable bonds is 4. The van der Waals surface area contributed by atoms with Crippen molar-refractivity contribution in [2.75, 3.05) is 13.1 Å². The Balaban J connectivity index is 2.05. The van der Waals surface area contributed by atoms with Gasteiger partial charge in [-0.25, -0.2) is 0 Å². The molecule has 1 aromatic carbocycles. The lowest BCUT2D eigenvalue weighted by Crippen LogP contribution is -2.47. The smallest absolute Gasteiger partial charge is 0.310 e. The van der Waals surface area contributed by atoms with Crippen LogP contribution in [0.3, 0.4) is 0 Å². The summed E-state index contributed by atoms with van der Waals surface area (Å²) in [6.07, 6.45) is 2.50. The average molecular weight is 373 g/mol. The number of nitrogens with zero attached hydrogens (tertiary/aromatic N) is 1. The molecule has 0 aliphatic carbocycles. The first-order valence-electron chi connectivity index (χ1n) is 6.76. The maximum atomic E-state index is 11.5. The molecule has 1 saturated heterocycles. The van der Waals surface area contributed by atoms with Gasteiger partial charge in [0.2, 0.25) is 0 Å². The van der Waals surface area contributed by atoms with Crippen molar-refractivity contribution in [3.63, 3.8) is 0 Å². The molecule has 19 heavy (non-hydrogen) atoms. The summed E-state index contributed by atoms with van der Waals surface area (Å²) >= 11 is 2.30. The third kappa shape index (κ3) is 3.48. The summed E-state index contributed by atoms with van der Waals surface area (Å²) in [6.45, 7) is 4.51. The fraction of sp³-hybridized carbons (Fsp3) is 0.533. The maximum absolute atomic E-state index is 11.5. The minimum absolute atomic E-state index is 0.540. The summed E-state index contributed by atoms with van der Waals surface area (Å²) in [4.78, 5) is 13.8. The summed E-state index contributed by atoms with van der Waals surface area (Å²) in [5, 5.41) is 9.48. The van der Waals surface area contributed by atoms with Crippen molar-refractivity contribution in [1.29, 1.82) is 0 Å². The lowest BCUT2D eigenvalue weighted by atomic mass is 9.77. The van der Waals surface area contributed by atoms with Crippen LogP contribution in [0.2, 0.25) is 0 Å². The molecule has 0 saturated carbocycles. The Bertz CT molecular complexity index is 446. The highest BCUT2D eigenvalue weighted by Crippen LogP contribution is 2.34. The van der Waals surface area contributed by atoms with Crippen molar-refractivity contribution in [3.8, 4) is 0 Å². The number of carbonyl (C=O) groups is 1. The van der Waals surface area contributed by atoms with Gasteiger partial charge in [0.05, 0.1) is 5.41 Å². The van der Waals surface area contributed by atoms with Crippen molar-refractivity contribution in [3.05, 3.63) is 33.4 Å². The van der Waals surface area contributed by atoms with Crippen LogP contribution in [0.25, 0.3) is 0 Å². The zero-order chi connectivity index (χ0) is 13.9. The molecule has 1 N–H and O–H groups in total. The maximum Gasteiger partial charge on any atom is 0.310 e. The minimum atomic E-state index is -0.637. The van der Waals surface area contributed by atoms with Gasteiger partial charge in [-0.3, -0.25) is 9.69 Å². The van der Waals surface area contributed by atoms with E-state index in [1.165, 1.54) is 9.13 Å².